The van der Waals surface area contributed by atoms with Crippen LogP contribution in [0, 0.1) is 11.7 Å². The van der Waals surface area contributed by atoms with E-state index in [9.17, 15) is 19.1 Å². The van der Waals surface area contributed by atoms with Gasteiger partial charge in [0.15, 0.2) is 5.78 Å². The maximum atomic E-state index is 13.8. The van der Waals surface area contributed by atoms with E-state index in [0.29, 0.717) is 18.6 Å². The van der Waals surface area contributed by atoms with E-state index >= 15 is 0 Å². The number of pyridine rings is 1. The fourth-order valence-electron chi connectivity index (χ4n) is 3.50. The average molecular weight is 418 g/mol. The summed E-state index contributed by atoms with van der Waals surface area (Å²) in [6.45, 7) is -0.557. The van der Waals surface area contributed by atoms with E-state index < -0.39 is 30.3 Å². The lowest BCUT2D eigenvalue weighted by Crippen LogP contribution is -2.45. The first-order chi connectivity index (χ1) is 14.0. The maximum absolute atomic E-state index is 13.8. The molecule has 1 saturated carbocycles. The number of benzene rings is 1. The number of aliphatic hydroxyl groups is 1. The average Bonchev–Trinajstić information content (AvgIpc) is 2.75. The summed E-state index contributed by atoms with van der Waals surface area (Å²) >= 11 is 1.54. The van der Waals surface area contributed by atoms with Crippen LogP contribution in [-0.2, 0) is 4.79 Å². The highest BCUT2D eigenvalue weighted by Gasteiger charge is 2.32. The predicted molar refractivity (Wildman–Crippen MR) is 108 cm³/mol. The number of halogens is 1. The number of ketones is 1. The molecule has 0 radical (unpaired) electrons. The van der Waals surface area contributed by atoms with Crippen LogP contribution >= 0.6 is 11.8 Å². The van der Waals surface area contributed by atoms with Crippen molar-refractivity contribution >= 4 is 23.5 Å². The van der Waals surface area contributed by atoms with Crippen LogP contribution in [0.25, 0.3) is 0 Å². The lowest BCUT2D eigenvalue weighted by atomic mass is 9.82. The fourth-order valence-corrected chi connectivity index (χ4v) is 3.95. The second kappa shape index (κ2) is 9.84. The summed E-state index contributed by atoms with van der Waals surface area (Å²) in [7, 11) is 0. The van der Waals surface area contributed by atoms with Crippen molar-refractivity contribution < 1.29 is 23.8 Å². The van der Waals surface area contributed by atoms with Gasteiger partial charge in [0, 0.05) is 16.9 Å². The lowest BCUT2D eigenvalue weighted by molar-refractivity contribution is -0.127. The monoisotopic (exact) mass is 418 g/mol. The van der Waals surface area contributed by atoms with E-state index in [1.807, 2.05) is 18.4 Å². The minimum atomic E-state index is -0.660. The molecule has 0 bridgehead atoms. The van der Waals surface area contributed by atoms with Gasteiger partial charge in [-0.3, -0.25) is 9.59 Å². The SMILES string of the molecule is CSc1cccc(Oc2ncc(F)cc2C(=O)N[C@H]2CCCC[C@H]2C(=O)CO)c1. The van der Waals surface area contributed by atoms with Crippen molar-refractivity contribution in [3.63, 3.8) is 0 Å². The Bertz CT molecular complexity index is 893. The summed E-state index contributed by atoms with van der Waals surface area (Å²) in [5.41, 5.74) is -0.0414. The van der Waals surface area contributed by atoms with Crippen molar-refractivity contribution in [1.29, 1.82) is 0 Å². The molecular weight excluding hydrogens is 395 g/mol. The molecular formula is C21H23FN2O4S. The molecule has 6 nitrogen and oxygen atoms in total. The van der Waals surface area contributed by atoms with E-state index in [2.05, 4.69) is 10.3 Å². The highest BCUT2D eigenvalue weighted by molar-refractivity contribution is 7.98. The number of amides is 1. The maximum Gasteiger partial charge on any atom is 0.257 e. The Balaban J connectivity index is 1.82. The second-order valence-electron chi connectivity index (χ2n) is 6.88. The van der Waals surface area contributed by atoms with Gasteiger partial charge in [-0.25, -0.2) is 9.37 Å². The van der Waals surface area contributed by atoms with Crippen LogP contribution < -0.4 is 10.1 Å². The minimum Gasteiger partial charge on any atom is -0.438 e. The van der Waals surface area contributed by atoms with Crippen molar-refractivity contribution in [1.82, 2.24) is 10.3 Å². The second-order valence-corrected chi connectivity index (χ2v) is 7.76. The molecule has 0 unspecified atom stereocenters. The van der Waals surface area contributed by atoms with E-state index in [4.69, 9.17) is 4.74 Å². The highest BCUT2D eigenvalue weighted by Crippen LogP contribution is 2.29. The Morgan fingerprint density at radius 3 is 2.86 bits per heavy atom. The molecule has 2 atom stereocenters. The van der Waals surface area contributed by atoms with Gasteiger partial charge in [-0.15, -0.1) is 11.8 Å². The van der Waals surface area contributed by atoms with Crippen LogP contribution in [0.3, 0.4) is 0 Å². The van der Waals surface area contributed by atoms with Crippen LogP contribution in [-0.4, -0.2) is 40.7 Å². The molecule has 0 spiro atoms. The Hall–Kier alpha value is -2.45. The normalized spacial score (nSPS) is 18.9. The molecule has 1 aliphatic rings. The molecule has 0 saturated heterocycles. The summed E-state index contributed by atoms with van der Waals surface area (Å²) in [6.07, 6.45) is 5.88. The van der Waals surface area contributed by atoms with Crippen molar-refractivity contribution in [2.24, 2.45) is 5.92 Å². The molecule has 1 aromatic heterocycles. The van der Waals surface area contributed by atoms with Gasteiger partial charge in [-0.2, -0.15) is 0 Å². The van der Waals surface area contributed by atoms with E-state index in [1.54, 1.807) is 23.9 Å². The molecule has 3 rings (SSSR count). The third kappa shape index (κ3) is 5.33. The van der Waals surface area contributed by atoms with Gasteiger partial charge in [0.1, 0.15) is 23.7 Å². The predicted octanol–water partition coefficient (Wildman–Crippen LogP) is 3.58. The van der Waals surface area contributed by atoms with Gasteiger partial charge < -0.3 is 15.2 Å². The molecule has 1 heterocycles. The first kappa shape index (κ1) is 21.3. The van der Waals surface area contributed by atoms with Crippen LogP contribution in [0.2, 0.25) is 0 Å². The topological polar surface area (TPSA) is 88.5 Å². The zero-order valence-electron chi connectivity index (χ0n) is 16.1. The summed E-state index contributed by atoms with van der Waals surface area (Å²) < 4.78 is 19.6. The molecule has 1 fully saturated rings. The number of hydrogen-bond acceptors (Lipinski definition) is 6. The number of ether oxygens (including phenoxy) is 1. The molecule has 2 aromatic rings. The van der Waals surface area contributed by atoms with Crippen LogP contribution in [0.5, 0.6) is 11.6 Å². The number of hydrogen-bond donors (Lipinski definition) is 2. The Kier molecular flexibility index (Phi) is 7.22. The first-order valence-electron chi connectivity index (χ1n) is 9.43. The summed E-state index contributed by atoms with van der Waals surface area (Å²) in [5.74, 6) is -1.48. The standard InChI is InChI=1S/C21H23FN2O4S/c1-29-15-6-4-5-14(10-15)28-21-17(9-13(22)11-23-21)20(27)24-18-8-3-2-7-16(18)19(26)12-25/h4-6,9-11,16,18,25H,2-3,7-8,12H2,1H3,(H,24,27)/t16-,18+/m1/s1. The van der Waals surface area contributed by atoms with Gasteiger partial charge in [0.05, 0.1) is 6.20 Å². The number of aliphatic hydroxyl groups excluding tert-OH is 1. The van der Waals surface area contributed by atoms with Gasteiger partial charge in [0.25, 0.3) is 5.91 Å². The number of nitrogens with one attached hydrogen (secondary N) is 1. The number of carbonyl (C=O) groups excluding carboxylic acids is 2. The zero-order valence-corrected chi connectivity index (χ0v) is 16.9. The van der Waals surface area contributed by atoms with Gasteiger partial charge in [-0.05, 0) is 43.4 Å². The molecule has 0 aliphatic heterocycles. The number of nitrogens with zero attached hydrogens (tertiary/aromatic N) is 1. The molecule has 1 aliphatic carbocycles. The quantitative estimate of drug-likeness (QED) is 0.668. The molecule has 1 aromatic carbocycles. The number of carbonyl (C=O) groups is 2. The van der Waals surface area contributed by atoms with Crippen molar-refractivity contribution in [3.8, 4) is 11.6 Å². The van der Waals surface area contributed by atoms with Gasteiger partial charge in [0.2, 0.25) is 5.88 Å². The van der Waals surface area contributed by atoms with Crippen molar-refractivity contribution in [2.45, 2.75) is 36.6 Å². The Labute approximate surface area is 172 Å². The van der Waals surface area contributed by atoms with E-state index in [0.717, 1.165) is 30.0 Å². The van der Waals surface area contributed by atoms with Gasteiger partial charge in [-0.1, -0.05) is 18.9 Å². The molecule has 8 heteroatoms. The summed E-state index contributed by atoms with van der Waals surface area (Å²) in [4.78, 5) is 29.8. The highest BCUT2D eigenvalue weighted by atomic mass is 32.2. The van der Waals surface area contributed by atoms with E-state index in [-0.39, 0.29) is 17.2 Å². The summed E-state index contributed by atoms with van der Waals surface area (Å²) in [6, 6.07) is 7.92. The minimum absolute atomic E-state index is 0.0111. The number of thioether (sulfide) groups is 1. The number of aromatic nitrogens is 1. The van der Waals surface area contributed by atoms with Crippen LogP contribution in [0.4, 0.5) is 4.39 Å². The zero-order chi connectivity index (χ0) is 20.8. The van der Waals surface area contributed by atoms with Crippen LogP contribution in [0.15, 0.2) is 41.4 Å². The molecule has 154 valence electrons. The number of rotatable bonds is 7. The smallest absolute Gasteiger partial charge is 0.257 e. The Morgan fingerprint density at radius 1 is 1.31 bits per heavy atom. The van der Waals surface area contributed by atoms with Gasteiger partial charge >= 0.3 is 0 Å². The molecule has 1 amide bonds. The number of Topliss-reactive ketones (excluding diaryl/α,β-unsaturated/α-hetero) is 1. The third-order valence-corrected chi connectivity index (χ3v) is 5.70. The Morgan fingerprint density at radius 2 is 2.10 bits per heavy atom. The molecule has 29 heavy (non-hydrogen) atoms. The lowest BCUT2D eigenvalue weighted by Gasteiger charge is -2.30. The third-order valence-electron chi connectivity index (χ3n) is 4.97. The van der Waals surface area contributed by atoms with Crippen molar-refractivity contribution in [2.75, 3.05) is 12.9 Å². The van der Waals surface area contributed by atoms with Crippen LogP contribution in [0.1, 0.15) is 36.0 Å². The first-order valence-corrected chi connectivity index (χ1v) is 10.7. The largest absolute Gasteiger partial charge is 0.438 e. The van der Waals surface area contributed by atoms with E-state index in [1.165, 1.54) is 0 Å². The van der Waals surface area contributed by atoms with Crippen molar-refractivity contribution in [3.05, 3.63) is 47.9 Å². The summed E-state index contributed by atoms with van der Waals surface area (Å²) in [5, 5.41) is 12.0. The molecule has 2 N–H and O–H groups in total. The fraction of sp³-hybridized carbons (Fsp3) is 0.381.